The lowest BCUT2D eigenvalue weighted by molar-refractivity contribution is 0.475. The van der Waals surface area contributed by atoms with Crippen molar-refractivity contribution in [3.8, 4) is 5.75 Å². The van der Waals surface area contributed by atoms with Gasteiger partial charge in [0.05, 0.1) is 4.90 Å². The van der Waals surface area contributed by atoms with Gasteiger partial charge >= 0.3 is 0 Å². The predicted octanol–water partition coefficient (Wildman–Crippen LogP) is 2.81. The minimum absolute atomic E-state index is 0.0921. The molecule has 0 radical (unpaired) electrons. The van der Waals surface area contributed by atoms with Gasteiger partial charge in [0.15, 0.2) is 0 Å². The number of aryl methyl sites for hydroxylation is 2. The fourth-order valence-corrected chi connectivity index (χ4v) is 3.13. The third-order valence-electron chi connectivity index (χ3n) is 2.74. The molecule has 0 unspecified atom stereocenters. The summed E-state index contributed by atoms with van der Waals surface area (Å²) in [4.78, 5) is 0.256. The first-order chi connectivity index (χ1) is 8.88. The molecule has 0 bridgehead atoms. The van der Waals surface area contributed by atoms with Crippen LogP contribution in [0.4, 0.5) is 5.69 Å². The van der Waals surface area contributed by atoms with Crippen LogP contribution >= 0.6 is 0 Å². The smallest absolute Gasteiger partial charge is 0.262 e. The van der Waals surface area contributed by atoms with Gasteiger partial charge in [-0.25, -0.2) is 8.42 Å². The average Bonchev–Trinajstić information content (AvgIpc) is 2.31. The summed E-state index contributed by atoms with van der Waals surface area (Å²) in [6.07, 6.45) is 0. The molecule has 0 aliphatic heterocycles. The second-order valence-electron chi connectivity index (χ2n) is 4.42. The summed E-state index contributed by atoms with van der Waals surface area (Å²) < 4.78 is 27.0. The lowest BCUT2D eigenvalue weighted by atomic mass is 10.2. The predicted molar refractivity (Wildman–Crippen MR) is 74.8 cm³/mol. The Labute approximate surface area is 112 Å². The van der Waals surface area contributed by atoms with Gasteiger partial charge < -0.3 is 5.11 Å². The van der Waals surface area contributed by atoms with E-state index >= 15 is 0 Å². The largest absolute Gasteiger partial charge is 0.508 e. The van der Waals surface area contributed by atoms with Gasteiger partial charge in [-0.15, -0.1) is 0 Å². The van der Waals surface area contributed by atoms with Crippen LogP contribution in [-0.2, 0) is 10.0 Å². The van der Waals surface area contributed by atoms with Crippen molar-refractivity contribution < 1.29 is 13.5 Å². The first-order valence-electron chi connectivity index (χ1n) is 5.77. The van der Waals surface area contributed by atoms with Crippen LogP contribution in [-0.4, -0.2) is 13.5 Å². The Morgan fingerprint density at radius 3 is 2.21 bits per heavy atom. The van der Waals surface area contributed by atoms with Gasteiger partial charge in [0.2, 0.25) is 0 Å². The maximum Gasteiger partial charge on any atom is 0.262 e. The topological polar surface area (TPSA) is 66.4 Å². The van der Waals surface area contributed by atoms with E-state index in [0.29, 0.717) is 11.3 Å². The van der Waals surface area contributed by atoms with Crippen LogP contribution in [0.1, 0.15) is 11.1 Å². The van der Waals surface area contributed by atoms with Crippen LogP contribution in [0.2, 0.25) is 0 Å². The molecule has 0 saturated heterocycles. The minimum Gasteiger partial charge on any atom is -0.508 e. The number of benzene rings is 2. The van der Waals surface area contributed by atoms with E-state index in [4.69, 9.17) is 5.11 Å². The van der Waals surface area contributed by atoms with E-state index in [9.17, 15) is 8.42 Å². The third-order valence-corrected chi connectivity index (χ3v) is 4.28. The Hall–Kier alpha value is -2.01. The van der Waals surface area contributed by atoms with Crippen LogP contribution in [0, 0.1) is 13.8 Å². The summed E-state index contributed by atoms with van der Waals surface area (Å²) in [7, 11) is -3.61. The van der Waals surface area contributed by atoms with Crippen molar-refractivity contribution in [3.63, 3.8) is 0 Å². The van der Waals surface area contributed by atoms with Crippen molar-refractivity contribution in [1.82, 2.24) is 0 Å². The molecule has 0 aliphatic rings. The molecule has 100 valence electrons. The van der Waals surface area contributed by atoms with Crippen molar-refractivity contribution in [3.05, 3.63) is 53.6 Å². The molecule has 5 heteroatoms. The Morgan fingerprint density at radius 1 is 1.00 bits per heavy atom. The monoisotopic (exact) mass is 277 g/mol. The van der Waals surface area contributed by atoms with Gasteiger partial charge in [0, 0.05) is 5.69 Å². The van der Waals surface area contributed by atoms with Crippen molar-refractivity contribution in [2.24, 2.45) is 0 Å². The van der Waals surface area contributed by atoms with E-state index in [-0.39, 0.29) is 10.6 Å². The van der Waals surface area contributed by atoms with Gasteiger partial charge in [0.1, 0.15) is 5.75 Å². The summed E-state index contributed by atoms with van der Waals surface area (Å²) in [6.45, 7) is 3.68. The number of anilines is 1. The second kappa shape index (κ2) is 4.93. The van der Waals surface area contributed by atoms with Crippen molar-refractivity contribution in [1.29, 1.82) is 0 Å². The second-order valence-corrected chi connectivity index (χ2v) is 6.07. The molecule has 2 aromatic carbocycles. The van der Waals surface area contributed by atoms with E-state index in [1.165, 1.54) is 24.3 Å². The van der Waals surface area contributed by atoms with E-state index in [1.807, 2.05) is 13.0 Å². The number of sulfonamides is 1. The standard InChI is InChI=1S/C14H15NO3S/c1-10-3-8-14(11(2)9-10)19(17,18)15-12-4-6-13(16)7-5-12/h3-9,15-16H,1-2H3. The van der Waals surface area contributed by atoms with E-state index in [2.05, 4.69) is 4.72 Å². The number of rotatable bonds is 3. The number of phenolic OH excluding ortho intramolecular Hbond substituents is 1. The van der Waals surface area contributed by atoms with Gasteiger partial charge in [-0.1, -0.05) is 17.7 Å². The third kappa shape index (κ3) is 3.06. The van der Waals surface area contributed by atoms with E-state index in [0.717, 1.165) is 5.56 Å². The van der Waals surface area contributed by atoms with Gasteiger partial charge in [0.25, 0.3) is 10.0 Å². The van der Waals surface area contributed by atoms with Crippen molar-refractivity contribution in [2.75, 3.05) is 4.72 Å². The molecule has 2 aromatic rings. The van der Waals surface area contributed by atoms with Crippen LogP contribution in [0.15, 0.2) is 47.4 Å². The van der Waals surface area contributed by atoms with E-state index in [1.54, 1.807) is 19.1 Å². The zero-order valence-corrected chi connectivity index (χ0v) is 11.5. The summed E-state index contributed by atoms with van der Waals surface area (Å²) in [6, 6.07) is 11.1. The van der Waals surface area contributed by atoms with Crippen molar-refractivity contribution >= 4 is 15.7 Å². The first-order valence-corrected chi connectivity index (χ1v) is 7.26. The molecule has 2 N–H and O–H groups in total. The number of phenols is 1. The van der Waals surface area contributed by atoms with Crippen molar-refractivity contribution in [2.45, 2.75) is 18.7 Å². The Morgan fingerprint density at radius 2 is 1.63 bits per heavy atom. The summed E-state index contributed by atoms with van der Waals surface area (Å²) in [5.74, 6) is 0.0921. The molecule has 0 spiro atoms. The molecule has 0 saturated carbocycles. The maximum absolute atomic E-state index is 12.2. The Kier molecular flexibility index (Phi) is 3.48. The lowest BCUT2D eigenvalue weighted by Gasteiger charge is -2.11. The molecule has 0 amide bonds. The molecular formula is C14H15NO3S. The molecule has 4 nitrogen and oxygen atoms in total. The van der Waals surface area contributed by atoms with Gasteiger partial charge in [-0.2, -0.15) is 0 Å². The molecule has 0 aromatic heterocycles. The van der Waals surface area contributed by atoms with Gasteiger partial charge in [-0.05, 0) is 49.7 Å². The highest BCUT2D eigenvalue weighted by Gasteiger charge is 2.16. The molecule has 0 fully saturated rings. The highest BCUT2D eigenvalue weighted by molar-refractivity contribution is 7.92. The SMILES string of the molecule is Cc1ccc(S(=O)(=O)Nc2ccc(O)cc2)c(C)c1. The molecule has 0 heterocycles. The minimum atomic E-state index is -3.61. The summed E-state index contributed by atoms with van der Waals surface area (Å²) in [5, 5.41) is 9.17. The van der Waals surface area contributed by atoms with Gasteiger partial charge in [-0.3, -0.25) is 4.72 Å². The molecular weight excluding hydrogens is 262 g/mol. The highest BCUT2D eigenvalue weighted by atomic mass is 32.2. The molecule has 19 heavy (non-hydrogen) atoms. The Bertz CT molecular complexity index is 691. The Balaban J connectivity index is 2.35. The zero-order chi connectivity index (χ0) is 14.0. The summed E-state index contributed by atoms with van der Waals surface area (Å²) in [5.41, 5.74) is 2.13. The highest BCUT2D eigenvalue weighted by Crippen LogP contribution is 2.21. The summed E-state index contributed by atoms with van der Waals surface area (Å²) >= 11 is 0. The average molecular weight is 277 g/mol. The number of hydrogen-bond acceptors (Lipinski definition) is 3. The first kappa shape index (κ1) is 13.4. The fourth-order valence-electron chi connectivity index (χ4n) is 1.84. The maximum atomic E-state index is 12.2. The quantitative estimate of drug-likeness (QED) is 0.848. The van der Waals surface area contributed by atoms with Crippen LogP contribution < -0.4 is 4.72 Å². The normalized spacial score (nSPS) is 11.3. The zero-order valence-electron chi connectivity index (χ0n) is 10.7. The fraction of sp³-hybridized carbons (Fsp3) is 0.143. The van der Waals surface area contributed by atoms with Crippen LogP contribution in [0.25, 0.3) is 0 Å². The van der Waals surface area contributed by atoms with E-state index < -0.39 is 10.0 Å². The number of nitrogens with one attached hydrogen (secondary N) is 1. The molecule has 2 rings (SSSR count). The number of aromatic hydroxyl groups is 1. The number of hydrogen-bond donors (Lipinski definition) is 2. The van der Waals surface area contributed by atoms with Crippen LogP contribution in [0.3, 0.4) is 0 Å². The molecule has 0 aliphatic carbocycles. The van der Waals surface area contributed by atoms with Crippen LogP contribution in [0.5, 0.6) is 5.75 Å². The lowest BCUT2D eigenvalue weighted by Crippen LogP contribution is -2.14. The molecule has 0 atom stereocenters.